The van der Waals surface area contributed by atoms with E-state index in [1.165, 1.54) is 11.8 Å². The highest BCUT2D eigenvalue weighted by Crippen LogP contribution is 2.39. The van der Waals surface area contributed by atoms with E-state index in [1.54, 1.807) is 23.6 Å². The number of thioether (sulfide) groups is 1. The number of rotatable bonds is 5. The molecule has 0 bridgehead atoms. The smallest absolute Gasteiger partial charge is 0.231 e. The molecule has 0 radical (unpaired) electrons. The number of aromatic nitrogens is 3. The van der Waals surface area contributed by atoms with Gasteiger partial charge in [0.25, 0.3) is 0 Å². The van der Waals surface area contributed by atoms with E-state index < -0.39 is 5.54 Å². The van der Waals surface area contributed by atoms with Crippen LogP contribution in [0.1, 0.15) is 19.8 Å². The molecule has 1 fully saturated rings. The Labute approximate surface area is 147 Å². The van der Waals surface area contributed by atoms with Gasteiger partial charge < -0.3 is 5.32 Å². The van der Waals surface area contributed by atoms with Crippen molar-refractivity contribution >= 4 is 46.5 Å². The second-order valence-electron chi connectivity index (χ2n) is 5.61. The Hall–Kier alpha value is -1.49. The van der Waals surface area contributed by atoms with Crippen molar-refractivity contribution in [2.45, 2.75) is 30.5 Å². The lowest BCUT2D eigenvalue weighted by atomic mass is 9.98. The minimum absolute atomic E-state index is 0.134. The average molecular weight is 370 g/mol. The van der Waals surface area contributed by atoms with Gasteiger partial charge in [0.05, 0.1) is 21.9 Å². The van der Waals surface area contributed by atoms with Crippen molar-refractivity contribution in [3.63, 3.8) is 0 Å². The fourth-order valence-corrected chi connectivity index (χ4v) is 3.56. The van der Waals surface area contributed by atoms with Crippen molar-refractivity contribution in [2.24, 2.45) is 5.92 Å². The molecule has 0 spiro atoms. The van der Waals surface area contributed by atoms with Gasteiger partial charge in [0.1, 0.15) is 5.54 Å². The monoisotopic (exact) mass is 369 g/mol. The van der Waals surface area contributed by atoms with Gasteiger partial charge in [-0.05, 0) is 31.7 Å². The molecular formula is C14H13Cl2N5OS. The van der Waals surface area contributed by atoms with Crippen molar-refractivity contribution < 1.29 is 4.79 Å². The third-order valence-corrected chi connectivity index (χ3v) is 5.18. The van der Waals surface area contributed by atoms with Gasteiger partial charge in [0.15, 0.2) is 10.8 Å². The summed E-state index contributed by atoms with van der Waals surface area (Å²) in [5.41, 5.74) is -0.309. The van der Waals surface area contributed by atoms with Gasteiger partial charge in [-0.2, -0.15) is 5.26 Å². The van der Waals surface area contributed by atoms with Gasteiger partial charge in [-0.25, -0.2) is 0 Å². The number of halogens is 2. The van der Waals surface area contributed by atoms with Crippen LogP contribution in [0, 0.1) is 17.2 Å². The van der Waals surface area contributed by atoms with Crippen LogP contribution < -0.4 is 5.32 Å². The van der Waals surface area contributed by atoms with Crippen LogP contribution in [0.5, 0.6) is 0 Å². The molecule has 2 aromatic heterocycles. The Morgan fingerprint density at radius 3 is 2.96 bits per heavy atom. The van der Waals surface area contributed by atoms with Crippen LogP contribution in [0.15, 0.2) is 17.4 Å². The molecule has 0 unspecified atom stereocenters. The number of nitrogens with one attached hydrogen (secondary N) is 1. The summed E-state index contributed by atoms with van der Waals surface area (Å²) < 4.78 is 1.65. The van der Waals surface area contributed by atoms with Gasteiger partial charge >= 0.3 is 0 Å². The summed E-state index contributed by atoms with van der Waals surface area (Å²) in [4.78, 5) is 12.1. The normalized spacial score (nSPS) is 16.8. The first-order valence-corrected chi connectivity index (χ1v) is 8.72. The maximum atomic E-state index is 12.1. The van der Waals surface area contributed by atoms with Gasteiger partial charge in [-0.3, -0.25) is 9.20 Å². The third-order valence-electron chi connectivity index (χ3n) is 3.75. The number of hydrogen-bond acceptors (Lipinski definition) is 5. The van der Waals surface area contributed by atoms with Gasteiger partial charge in [-0.1, -0.05) is 35.0 Å². The highest BCUT2D eigenvalue weighted by atomic mass is 35.5. The molecule has 9 heteroatoms. The SMILES string of the molecule is C[C@@](C#N)(NC(=O)CSc1nnc2c(Cl)cc(Cl)cn12)C1CC1. The molecule has 0 aliphatic heterocycles. The lowest BCUT2D eigenvalue weighted by Crippen LogP contribution is -2.47. The first kappa shape index (κ1) is 16.4. The second-order valence-corrected chi connectivity index (χ2v) is 7.39. The molecule has 1 aliphatic carbocycles. The minimum atomic E-state index is -0.794. The Morgan fingerprint density at radius 2 is 2.30 bits per heavy atom. The average Bonchev–Trinajstić information content (AvgIpc) is 3.28. The van der Waals surface area contributed by atoms with E-state index in [-0.39, 0.29) is 17.6 Å². The molecule has 1 aliphatic rings. The highest BCUT2D eigenvalue weighted by Gasteiger charge is 2.42. The van der Waals surface area contributed by atoms with Crippen LogP contribution in [0.4, 0.5) is 0 Å². The largest absolute Gasteiger partial charge is 0.337 e. The first-order chi connectivity index (χ1) is 10.9. The minimum Gasteiger partial charge on any atom is -0.337 e. The zero-order chi connectivity index (χ0) is 16.6. The van der Waals surface area contributed by atoms with E-state index in [4.69, 9.17) is 23.2 Å². The van der Waals surface area contributed by atoms with Crippen LogP contribution in [-0.4, -0.2) is 31.8 Å². The molecule has 0 saturated heterocycles. The maximum Gasteiger partial charge on any atom is 0.231 e. The summed E-state index contributed by atoms with van der Waals surface area (Å²) in [6.07, 6.45) is 3.60. The number of carbonyl (C=O) groups is 1. The molecule has 6 nitrogen and oxygen atoms in total. The molecule has 1 saturated carbocycles. The molecule has 1 amide bonds. The predicted octanol–water partition coefficient (Wildman–Crippen LogP) is 2.94. The molecule has 2 heterocycles. The highest BCUT2D eigenvalue weighted by molar-refractivity contribution is 7.99. The molecular weight excluding hydrogens is 357 g/mol. The van der Waals surface area contributed by atoms with E-state index >= 15 is 0 Å². The maximum absolute atomic E-state index is 12.1. The van der Waals surface area contributed by atoms with Crippen molar-refractivity contribution in [2.75, 3.05) is 5.75 Å². The topological polar surface area (TPSA) is 83.1 Å². The molecule has 23 heavy (non-hydrogen) atoms. The number of fused-ring (bicyclic) bond motifs is 1. The van der Waals surface area contributed by atoms with Crippen LogP contribution in [0.2, 0.25) is 10.0 Å². The van der Waals surface area contributed by atoms with Crippen LogP contribution >= 0.6 is 35.0 Å². The van der Waals surface area contributed by atoms with Crippen molar-refractivity contribution in [1.29, 1.82) is 5.26 Å². The Bertz CT molecular complexity index is 813. The first-order valence-electron chi connectivity index (χ1n) is 6.98. The third kappa shape index (κ3) is 3.39. The summed E-state index contributed by atoms with van der Waals surface area (Å²) >= 11 is 13.2. The van der Waals surface area contributed by atoms with Crippen LogP contribution in [-0.2, 0) is 4.79 Å². The molecule has 1 atom stereocenters. The summed E-state index contributed by atoms with van der Waals surface area (Å²) in [7, 11) is 0. The number of amides is 1. The van der Waals surface area contributed by atoms with Gasteiger partial charge in [-0.15, -0.1) is 10.2 Å². The number of nitrogens with zero attached hydrogens (tertiary/aromatic N) is 4. The van der Waals surface area contributed by atoms with Crippen LogP contribution in [0.25, 0.3) is 5.65 Å². The van der Waals surface area contributed by atoms with E-state index in [9.17, 15) is 10.1 Å². The van der Waals surface area contributed by atoms with Crippen LogP contribution in [0.3, 0.4) is 0 Å². The van der Waals surface area contributed by atoms with E-state index in [2.05, 4.69) is 21.6 Å². The second kappa shape index (κ2) is 6.19. The summed E-state index contributed by atoms with van der Waals surface area (Å²) in [5.74, 6) is 0.165. The predicted molar refractivity (Wildman–Crippen MR) is 88.6 cm³/mol. The number of hydrogen-bond donors (Lipinski definition) is 1. The Balaban J connectivity index is 1.69. The molecule has 120 valence electrons. The number of carbonyl (C=O) groups excluding carboxylic acids is 1. The van der Waals surface area contributed by atoms with Gasteiger partial charge in [0.2, 0.25) is 5.91 Å². The van der Waals surface area contributed by atoms with Crippen molar-refractivity contribution in [1.82, 2.24) is 19.9 Å². The quantitative estimate of drug-likeness (QED) is 0.819. The zero-order valence-electron chi connectivity index (χ0n) is 12.2. The van der Waals surface area contributed by atoms with E-state index in [0.717, 1.165) is 12.8 Å². The Kier molecular flexibility index (Phi) is 4.41. The molecule has 2 aromatic rings. The number of pyridine rings is 1. The Morgan fingerprint density at radius 1 is 1.57 bits per heavy atom. The van der Waals surface area contributed by atoms with Gasteiger partial charge in [0, 0.05) is 6.20 Å². The zero-order valence-corrected chi connectivity index (χ0v) is 14.5. The van der Waals surface area contributed by atoms with Crippen molar-refractivity contribution in [3.05, 3.63) is 22.3 Å². The lowest BCUT2D eigenvalue weighted by Gasteiger charge is -2.22. The standard InChI is InChI=1S/C14H13Cl2N5OS/c1-14(7-17,8-2-3-8)18-11(22)6-23-13-20-19-12-10(16)4-9(15)5-21(12)13/h4-5,8H,2-3,6H2,1H3,(H,18,22)/t14-/m0/s1. The lowest BCUT2D eigenvalue weighted by molar-refractivity contribution is -0.119. The molecule has 0 aromatic carbocycles. The fourth-order valence-electron chi connectivity index (χ4n) is 2.34. The summed E-state index contributed by atoms with van der Waals surface area (Å²) in [6, 6.07) is 3.79. The molecule has 1 N–H and O–H groups in total. The number of nitriles is 1. The molecule has 3 rings (SSSR count). The van der Waals surface area contributed by atoms with Crippen molar-refractivity contribution in [3.8, 4) is 6.07 Å². The fraction of sp³-hybridized carbons (Fsp3) is 0.429. The van der Waals surface area contributed by atoms with E-state index in [1.807, 2.05) is 0 Å². The van der Waals surface area contributed by atoms with E-state index in [0.29, 0.717) is 20.8 Å². The summed E-state index contributed by atoms with van der Waals surface area (Å²) in [6.45, 7) is 1.76. The summed E-state index contributed by atoms with van der Waals surface area (Å²) in [5, 5.41) is 21.5.